The Balaban J connectivity index is 2.46. The topological polar surface area (TPSA) is 60.0 Å². The van der Waals surface area contributed by atoms with Crippen LogP contribution in [0.3, 0.4) is 0 Å². The Morgan fingerprint density at radius 1 is 1.10 bits per heavy atom. The Bertz CT molecular complexity index is 651. The molecule has 0 bridgehead atoms. The van der Waals surface area contributed by atoms with Gasteiger partial charge in [0, 0.05) is 30.2 Å². The molecule has 0 spiro atoms. The first-order valence-electron chi connectivity index (χ1n) is 7.20. The molecule has 1 aromatic carbocycles. The van der Waals surface area contributed by atoms with Crippen LogP contribution in [0.15, 0.2) is 24.3 Å². The number of aromatic nitrogens is 1. The Kier molecular flexibility index (Phi) is 4.48. The SMILES string of the molecule is Cc1cc(C)cc(-n2c(C)cc(C(=O)NCCN)c2C)c1. The van der Waals surface area contributed by atoms with Gasteiger partial charge in [-0.1, -0.05) is 6.07 Å². The first-order valence-corrected chi connectivity index (χ1v) is 7.20. The Labute approximate surface area is 126 Å². The molecular weight excluding hydrogens is 262 g/mol. The van der Waals surface area contributed by atoms with Crippen LogP contribution in [-0.4, -0.2) is 23.6 Å². The fraction of sp³-hybridized carbons (Fsp3) is 0.353. The molecule has 21 heavy (non-hydrogen) atoms. The average Bonchev–Trinajstić information content (AvgIpc) is 2.70. The zero-order valence-corrected chi connectivity index (χ0v) is 13.2. The molecule has 0 saturated carbocycles. The van der Waals surface area contributed by atoms with E-state index >= 15 is 0 Å². The highest BCUT2D eigenvalue weighted by molar-refractivity contribution is 5.95. The molecule has 1 aromatic heterocycles. The summed E-state index contributed by atoms with van der Waals surface area (Å²) in [6.45, 7) is 9.10. The van der Waals surface area contributed by atoms with Gasteiger partial charge in [0.2, 0.25) is 0 Å². The van der Waals surface area contributed by atoms with Crippen molar-refractivity contribution in [1.82, 2.24) is 9.88 Å². The van der Waals surface area contributed by atoms with Crippen LogP contribution in [0, 0.1) is 27.7 Å². The van der Waals surface area contributed by atoms with Gasteiger partial charge in [-0.2, -0.15) is 0 Å². The third-order valence-corrected chi connectivity index (χ3v) is 3.57. The molecule has 4 nitrogen and oxygen atoms in total. The van der Waals surface area contributed by atoms with Gasteiger partial charge in [0.25, 0.3) is 5.91 Å². The average molecular weight is 285 g/mol. The summed E-state index contributed by atoms with van der Waals surface area (Å²) >= 11 is 0. The number of rotatable bonds is 4. The van der Waals surface area contributed by atoms with E-state index in [4.69, 9.17) is 5.73 Å². The van der Waals surface area contributed by atoms with Crippen LogP contribution in [0.5, 0.6) is 0 Å². The van der Waals surface area contributed by atoms with Crippen LogP contribution < -0.4 is 11.1 Å². The lowest BCUT2D eigenvalue weighted by molar-refractivity contribution is 0.0954. The minimum absolute atomic E-state index is 0.0656. The number of hydrogen-bond acceptors (Lipinski definition) is 2. The van der Waals surface area contributed by atoms with Crippen molar-refractivity contribution in [2.75, 3.05) is 13.1 Å². The zero-order chi connectivity index (χ0) is 15.6. The lowest BCUT2D eigenvalue weighted by Crippen LogP contribution is -2.29. The number of carbonyl (C=O) groups excluding carboxylic acids is 1. The normalized spacial score (nSPS) is 10.7. The van der Waals surface area contributed by atoms with Crippen LogP contribution in [0.1, 0.15) is 32.9 Å². The number of aryl methyl sites for hydroxylation is 3. The van der Waals surface area contributed by atoms with Crippen molar-refractivity contribution in [3.8, 4) is 5.69 Å². The molecule has 2 rings (SSSR count). The van der Waals surface area contributed by atoms with Gasteiger partial charge < -0.3 is 15.6 Å². The molecule has 3 N–H and O–H groups in total. The molecule has 0 aliphatic carbocycles. The predicted octanol–water partition coefficient (Wildman–Crippen LogP) is 2.40. The number of benzene rings is 1. The number of nitrogens with zero attached hydrogens (tertiary/aromatic N) is 1. The van der Waals surface area contributed by atoms with Crippen LogP contribution in [0.25, 0.3) is 5.69 Å². The van der Waals surface area contributed by atoms with E-state index in [1.54, 1.807) is 0 Å². The van der Waals surface area contributed by atoms with Crippen molar-refractivity contribution >= 4 is 5.91 Å². The number of hydrogen-bond donors (Lipinski definition) is 2. The standard InChI is InChI=1S/C17H23N3O/c1-11-7-12(2)9-15(8-11)20-13(3)10-16(14(20)4)17(21)19-6-5-18/h7-10H,5-6,18H2,1-4H3,(H,19,21). The van der Waals surface area contributed by atoms with Crippen molar-refractivity contribution in [2.24, 2.45) is 5.73 Å². The molecule has 0 aliphatic rings. The van der Waals surface area contributed by atoms with Crippen molar-refractivity contribution in [1.29, 1.82) is 0 Å². The molecule has 0 atom stereocenters. The smallest absolute Gasteiger partial charge is 0.253 e. The second-order valence-corrected chi connectivity index (χ2v) is 5.51. The maximum atomic E-state index is 12.2. The van der Waals surface area contributed by atoms with Gasteiger partial charge in [-0.05, 0) is 57.0 Å². The van der Waals surface area contributed by atoms with Gasteiger partial charge in [0.05, 0.1) is 5.56 Å². The number of nitrogens with two attached hydrogens (primary N) is 1. The molecule has 0 aliphatic heterocycles. The van der Waals surface area contributed by atoms with E-state index in [0.717, 1.165) is 17.1 Å². The van der Waals surface area contributed by atoms with E-state index in [0.29, 0.717) is 18.7 Å². The first-order chi connectivity index (χ1) is 9.93. The number of carbonyl (C=O) groups is 1. The fourth-order valence-electron chi connectivity index (χ4n) is 2.75. The van der Waals surface area contributed by atoms with E-state index in [9.17, 15) is 4.79 Å². The molecule has 4 heteroatoms. The molecule has 2 aromatic rings. The summed E-state index contributed by atoms with van der Waals surface area (Å²) in [6.07, 6.45) is 0. The van der Waals surface area contributed by atoms with Gasteiger partial charge in [-0.15, -0.1) is 0 Å². The summed E-state index contributed by atoms with van der Waals surface area (Å²) in [5.74, 6) is -0.0656. The van der Waals surface area contributed by atoms with Gasteiger partial charge in [0.1, 0.15) is 0 Å². The van der Waals surface area contributed by atoms with E-state index in [1.165, 1.54) is 11.1 Å². The van der Waals surface area contributed by atoms with Crippen molar-refractivity contribution in [2.45, 2.75) is 27.7 Å². The van der Waals surface area contributed by atoms with E-state index in [-0.39, 0.29) is 5.91 Å². The van der Waals surface area contributed by atoms with Crippen LogP contribution >= 0.6 is 0 Å². The molecule has 112 valence electrons. The molecule has 1 heterocycles. The fourth-order valence-corrected chi connectivity index (χ4v) is 2.75. The third-order valence-electron chi connectivity index (χ3n) is 3.57. The van der Waals surface area contributed by atoms with Crippen LogP contribution in [0.4, 0.5) is 0 Å². The van der Waals surface area contributed by atoms with Crippen LogP contribution in [-0.2, 0) is 0 Å². The van der Waals surface area contributed by atoms with Crippen molar-refractivity contribution < 1.29 is 4.79 Å². The highest BCUT2D eigenvalue weighted by atomic mass is 16.1. The summed E-state index contributed by atoms with van der Waals surface area (Å²) in [5.41, 5.74) is 11.7. The Morgan fingerprint density at radius 2 is 1.71 bits per heavy atom. The minimum Gasteiger partial charge on any atom is -0.351 e. The van der Waals surface area contributed by atoms with Gasteiger partial charge in [0.15, 0.2) is 0 Å². The molecule has 1 amide bonds. The predicted molar refractivity (Wildman–Crippen MR) is 86.1 cm³/mol. The zero-order valence-electron chi connectivity index (χ0n) is 13.2. The maximum Gasteiger partial charge on any atom is 0.253 e. The monoisotopic (exact) mass is 285 g/mol. The largest absolute Gasteiger partial charge is 0.351 e. The van der Waals surface area contributed by atoms with Gasteiger partial charge in [-0.3, -0.25) is 4.79 Å². The lowest BCUT2D eigenvalue weighted by Gasteiger charge is -2.12. The minimum atomic E-state index is -0.0656. The summed E-state index contributed by atoms with van der Waals surface area (Å²) in [7, 11) is 0. The third kappa shape index (κ3) is 3.16. The Morgan fingerprint density at radius 3 is 2.29 bits per heavy atom. The summed E-state index contributed by atoms with van der Waals surface area (Å²) in [6, 6.07) is 8.34. The highest BCUT2D eigenvalue weighted by Gasteiger charge is 2.16. The van der Waals surface area contributed by atoms with Crippen molar-refractivity contribution in [3.63, 3.8) is 0 Å². The highest BCUT2D eigenvalue weighted by Crippen LogP contribution is 2.22. The van der Waals surface area contributed by atoms with E-state index < -0.39 is 0 Å². The summed E-state index contributed by atoms with van der Waals surface area (Å²) in [4.78, 5) is 12.2. The second kappa shape index (κ2) is 6.14. The van der Waals surface area contributed by atoms with E-state index in [1.807, 2.05) is 19.9 Å². The number of amides is 1. The lowest BCUT2D eigenvalue weighted by atomic mass is 10.1. The first kappa shape index (κ1) is 15.3. The van der Waals surface area contributed by atoms with Gasteiger partial charge >= 0.3 is 0 Å². The van der Waals surface area contributed by atoms with Crippen LogP contribution in [0.2, 0.25) is 0 Å². The Hall–Kier alpha value is -2.07. The maximum absolute atomic E-state index is 12.2. The van der Waals surface area contributed by atoms with E-state index in [2.05, 4.69) is 41.9 Å². The molecule has 0 radical (unpaired) electrons. The quantitative estimate of drug-likeness (QED) is 0.906. The molecule has 0 unspecified atom stereocenters. The molecule has 0 saturated heterocycles. The van der Waals surface area contributed by atoms with Gasteiger partial charge in [-0.25, -0.2) is 0 Å². The van der Waals surface area contributed by atoms with Crippen molar-refractivity contribution in [3.05, 3.63) is 52.3 Å². The molecular formula is C17H23N3O. The number of nitrogens with one attached hydrogen (secondary N) is 1. The second-order valence-electron chi connectivity index (χ2n) is 5.51. The summed E-state index contributed by atoms with van der Waals surface area (Å²) < 4.78 is 2.12. The summed E-state index contributed by atoms with van der Waals surface area (Å²) in [5, 5.41) is 2.83. The molecule has 0 fully saturated rings.